The molecule has 0 fully saturated rings. The van der Waals surface area contributed by atoms with E-state index in [2.05, 4.69) is 19.2 Å². The number of ether oxygens (including phenoxy) is 3. The molecule has 1 aromatic carbocycles. The number of hydrogen-bond donors (Lipinski definition) is 1. The molecule has 0 aliphatic heterocycles. The molecule has 6 nitrogen and oxygen atoms in total. The van der Waals surface area contributed by atoms with Crippen LogP contribution in [0.15, 0.2) is 30.3 Å². The molecule has 1 aromatic rings. The summed E-state index contributed by atoms with van der Waals surface area (Å²) in [5.74, 6) is -0.131. The largest absolute Gasteiger partial charge is 0.458 e. The Labute approximate surface area is 168 Å². The van der Waals surface area contributed by atoms with Crippen LogP contribution in [0.2, 0.25) is 0 Å². The molecule has 0 bridgehead atoms. The molecular weight excluding hydrogens is 358 g/mol. The molecule has 0 saturated carbocycles. The fraction of sp³-hybridized carbons (Fsp3) is 0.636. The third kappa shape index (κ3) is 8.74. The lowest BCUT2D eigenvalue weighted by Crippen LogP contribution is -2.43. The fourth-order valence-corrected chi connectivity index (χ4v) is 2.42. The highest BCUT2D eigenvalue weighted by Gasteiger charge is 2.28. The van der Waals surface area contributed by atoms with Crippen LogP contribution in [-0.2, 0) is 19.0 Å². The van der Waals surface area contributed by atoms with Crippen molar-refractivity contribution in [3.8, 4) is 0 Å². The molecule has 1 amide bonds. The van der Waals surface area contributed by atoms with E-state index in [1.54, 1.807) is 34.6 Å². The van der Waals surface area contributed by atoms with Gasteiger partial charge in [-0.05, 0) is 46.1 Å². The van der Waals surface area contributed by atoms with E-state index in [4.69, 9.17) is 14.2 Å². The standard InChI is InChI=1S/C22H35NO5/c1-8-15(2)14-26-19(18-12-10-9-11-13-18)17(4)27-20(24)16(3)23-21(25)28-22(5,6)7/h9-13,15-17,19H,8,14H2,1-7H3,(H,23,25)/t15?,16-,17-,19+/m0/s1. The van der Waals surface area contributed by atoms with E-state index in [0.717, 1.165) is 12.0 Å². The Hall–Kier alpha value is -2.08. The average molecular weight is 394 g/mol. The van der Waals surface area contributed by atoms with E-state index in [1.807, 2.05) is 30.3 Å². The number of carbonyl (C=O) groups excluding carboxylic acids is 2. The second-order valence-electron chi connectivity index (χ2n) is 8.19. The second-order valence-corrected chi connectivity index (χ2v) is 8.19. The highest BCUT2D eigenvalue weighted by Crippen LogP contribution is 2.25. The van der Waals surface area contributed by atoms with Crippen molar-refractivity contribution >= 4 is 12.1 Å². The van der Waals surface area contributed by atoms with Crippen LogP contribution in [0.1, 0.15) is 66.6 Å². The first-order chi connectivity index (χ1) is 13.0. The molecule has 158 valence electrons. The van der Waals surface area contributed by atoms with Gasteiger partial charge in [-0.25, -0.2) is 9.59 Å². The normalized spacial score (nSPS) is 15.8. The van der Waals surface area contributed by atoms with E-state index in [1.165, 1.54) is 0 Å². The van der Waals surface area contributed by atoms with Gasteiger partial charge in [-0.15, -0.1) is 0 Å². The van der Waals surface area contributed by atoms with Crippen molar-refractivity contribution in [1.29, 1.82) is 0 Å². The molecule has 0 aromatic heterocycles. The first kappa shape index (κ1) is 24.0. The monoisotopic (exact) mass is 393 g/mol. The molecule has 1 N–H and O–H groups in total. The Morgan fingerprint density at radius 1 is 1.07 bits per heavy atom. The van der Waals surface area contributed by atoms with Crippen LogP contribution in [0.25, 0.3) is 0 Å². The highest BCUT2D eigenvalue weighted by molar-refractivity contribution is 5.81. The number of rotatable bonds is 9. The number of amides is 1. The summed E-state index contributed by atoms with van der Waals surface area (Å²) in [5.41, 5.74) is 0.308. The molecular formula is C22H35NO5. The van der Waals surface area contributed by atoms with Crippen molar-refractivity contribution in [2.24, 2.45) is 5.92 Å². The van der Waals surface area contributed by atoms with Gasteiger partial charge < -0.3 is 19.5 Å². The lowest BCUT2D eigenvalue weighted by Gasteiger charge is -2.27. The van der Waals surface area contributed by atoms with Crippen molar-refractivity contribution in [3.63, 3.8) is 0 Å². The molecule has 4 atom stereocenters. The van der Waals surface area contributed by atoms with Crippen molar-refractivity contribution in [2.75, 3.05) is 6.61 Å². The maximum Gasteiger partial charge on any atom is 0.408 e. The van der Waals surface area contributed by atoms with Crippen LogP contribution < -0.4 is 5.32 Å². The number of alkyl carbamates (subject to hydrolysis) is 1. The summed E-state index contributed by atoms with van der Waals surface area (Å²) in [7, 11) is 0. The summed E-state index contributed by atoms with van der Waals surface area (Å²) in [6, 6.07) is 8.86. The third-order valence-electron chi connectivity index (χ3n) is 4.20. The Morgan fingerprint density at radius 3 is 2.21 bits per heavy atom. The maximum atomic E-state index is 12.4. The predicted molar refractivity (Wildman–Crippen MR) is 109 cm³/mol. The quantitative estimate of drug-likeness (QED) is 0.619. The molecule has 1 unspecified atom stereocenters. The van der Waals surface area contributed by atoms with Gasteiger partial charge in [-0.3, -0.25) is 0 Å². The zero-order chi connectivity index (χ0) is 21.3. The van der Waals surface area contributed by atoms with Gasteiger partial charge in [-0.1, -0.05) is 50.6 Å². The van der Waals surface area contributed by atoms with Crippen LogP contribution in [0.5, 0.6) is 0 Å². The predicted octanol–water partition coefficient (Wildman–Crippen LogP) is 4.64. The van der Waals surface area contributed by atoms with Crippen LogP contribution in [0.4, 0.5) is 4.79 Å². The molecule has 0 spiro atoms. The molecule has 0 radical (unpaired) electrons. The van der Waals surface area contributed by atoms with Gasteiger partial charge in [0.25, 0.3) is 0 Å². The number of benzene rings is 1. The van der Waals surface area contributed by atoms with Gasteiger partial charge in [0.05, 0.1) is 6.61 Å². The summed E-state index contributed by atoms with van der Waals surface area (Å²) in [6.45, 7) is 13.4. The zero-order valence-corrected chi connectivity index (χ0v) is 18.2. The lowest BCUT2D eigenvalue weighted by molar-refractivity contribution is -0.159. The minimum absolute atomic E-state index is 0.382. The van der Waals surface area contributed by atoms with Gasteiger partial charge in [0.1, 0.15) is 23.9 Å². The summed E-state index contributed by atoms with van der Waals surface area (Å²) >= 11 is 0. The van der Waals surface area contributed by atoms with Gasteiger partial charge in [-0.2, -0.15) is 0 Å². The number of hydrogen-bond acceptors (Lipinski definition) is 5. The minimum Gasteiger partial charge on any atom is -0.458 e. The van der Waals surface area contributed by atoms with Crippen molar-refractivity contribution < 1.29 is 23.8 Å². The lowest BCUT2D eigenvalue weighted by atomic mass is 10.0. The van der Waals surface area contributed by atoms with Gasteiger partial charge in [0, 0.05) is 0 Å². The Morgan fingerprint density at radius 2 is 1.68 bits per heavy atom. The first-order valence-electron chi connectivity index (χ1n) is 9.90. The van der Waals surface area contributed by atoms with Crippen molar-refractivity contribution in [1.82, 2.24) is 5.32 Å². The molecule has 0 aliphatic rings. The fourth-order valence-electron chi connectivity index (χ4n) is 2.42. The third-order valence-corrected chi connectivity index (χ3v) is 4.20. The zero-order valence-electron chi connectivity index (χ0n) is 18.2. The molecule has 0 heterocycles. The summed E-state index contributed by atoms with van der Waals surface area (Å²) in [6.07, 6.45) is -0.543. The first-order valence-corrected chi connectivity index (χ1v) is 9.90. The number of esters is 1. The maximum absolute atomic E-state index is 12.4. The summed E-state index contributed by atoms with van der Waals surface area (Å²) in [5, 5.41) is 2.50. The van der Waals surface area contributed by atoms with Gasteiger partial charge >= 0.3 is 12.1 Å². The minimum atomic E-state index is -0.830. The average Bonchev–Trinajstić information content (AvgIpc) is 2.60. The van der Waals surface area contributed by atoms with Crippen LogP contribution in [0, 0.1) is 5.92 Å². The summed E-state index contributed by atoms with van der Waals surface area (Å²) in [4.78, 5) is 24.3. The van der Waals surface area contributed by atoms with Gasteiger partial charge in [0.15, 0.2) is 0 Å². The van der Waals surface area contributed by atoms with E-state index >= 15 is 0 Å². The van der Waals surface area contributed by atoms with Crippen molar-refractivity contribution in [2.45, 2.75) is 78.7 Å². The van der Waals surface area contributed by atoms with Crippen LogP contribution in [0.3, 0.4) is 0 Å². The molecule has 0 saturated heterocycles. The Bertz CT molecular complexity index is 611. The van der Waals surface area contributed by atoms with E-state index in [-0.39, 0.29) is 6.10 Å². The number of nitrogens with one attached hydrogen (secondary N) is 1. The van der Waals surface area contributed by atoms with E-state index < -0.39 is 29.8 Å². The molecule has 0 aliphatic carbocycles. The molecule has 1 rings (SSSR count). The Balaban J connectivity index is 2.73. The number of carbonyl (C=O) groups is 2. The Kier molecular flexibility index (Phi) is 9.46. The molecule has 6 heteroatoms. The van der Waals surface area contributed by atoms with Gasteiger partial charge in [0.2, 0.25) is 0 Å². The van der Waals surface area contributed by atoms with Crippen LogP contribution >= 0.6 is 0 Å². The SMILES string of the molecule is CCC(C)CO[C@@H](c1ccccc1)[C@H](C)OC(=O)[C@H](C)NC(=O)OC(C)(C)C. The molecule has 28 heavy (non-hydrogen) atoms. The summed E-state index contributed by atoms with van der Waals surface area (Å²) < 4.78 is 16.8. The van der Waals surface area contributed by atoms with E-state index in [9.17, 15) is 9.59 Å². The van der Waals surface area contributed by atoms with Crippen LogP contribution in [-0.4, -0.2) is 36.4 Å². The topological polar surface area (TPSA) is 73.9 Å². The van der Waals surface area contributed by atoms with Crippen molar-refractivity contribution in [3.05, 3.63) is 35.9 Å². The van der Waals surface area contributed by atoms with E-state index in [0.29, 0.717) is 12.5 Å². The second kappa shape index (κ2) is 11.1. The highest BCUT2D eigenvalue weighted by atomic mass is 16.6. The smallest absolute Gasteiger partial charge is 0.408 e.